The molecule has 2 amide bonds. The molecule has 27 heavy (non-hydrogen) atoms. The van der Waals surface area contributed by atoms with Crippen LogP contribution in [0.25, 0.3) is 0 Å². The summed E-state index contributed by atoms with van der Waals surface area (Å²) < 4.78 is 5.78. The van der Waals surface area contributed by atoms with Crippen molar-refractivity contribution in [1.82, 2.24) is 10.2 Å². The third kappa shape index (κ3) is 7.39. The van der Waals surface area contributed by atoms with Crippen molar-refractivity contribution in [2.45, 2.75) is 51.6 Å². The molecule has 1 saturated heterocycles. The largest absolute Gasteiger partial charge is 0.494 e. The molecule has 0 unspecified atom stereocenters. The molecule has 1 aliphatic rings. The number of aliphatic hydroxyl groups is 2. The molecule has 6 nitrogen and oxygen atoms in total. The summed E-state index contributed by atoms with van der Waals surface area (Å²) in [6.07, 6.45) is 3.40. The monoisotopic (exact) mass is 378 g/mol. The van der Waals surface area contributed by atoms with Gasteiger partial charge in [0, 0.05) is 19.6 Å². The number of amides is 2. The first-order chi connectivity index (χ1) is 12.9. The molecule has 6 heteroatoms. The van der Waals surface area contributed by atoms with E-state index < -0.39 is 5.60 Å². The highest BCUT2D eigenvalue weighted by atomic mass is 16.5. The number of benzene rings is 1. The number of ether oxygens (including phenoxy) is 1. The molecule has 0 radical (unpaired) electrons. The Morgan fingerprint density at radius 2 is 2.15 bits per heavy atom. The second-order valence-electron chi connectivity index (χ2n) is 7.88. The van der Waals surface area contributed by atoms with Crippen LogP contribution < -0.4 is 10.1 Å². The van der Waals surface area contributed by atoms with Crippen LogP contribution in [0.1, 0.15) is 45.1 Å². The molecule has 2 rings (SSSR count). The van der Waals surface area contributed by atoms with Gasteiger partial charge in [0.25, 0.3) is 0 Å². The normalized spacial score (nSPS) is 20.4. The molecule has 1 atom stereocenters. The first-order valence-corrected chi connectivity index (χ1v) is 9.99. The van der Waals surface area contributed by atoms with Crippen molar-refractivity contribution in [3.05, 3.63) is 29.8 Å². The van der Waals surface area contributed by atoms with E-state index >= 15 is 0 Å². The summed E-state index contributed by atoms with van der Waals surface area (Å²) in [6, 6.07) is 7.89. The van der Waals surface area contributed by atoms with Gasteiger partial charge in [-0.2, -0.15) is 0 Å². The molecular formula is C21H34N2O4. The van der Waals surface area contributed by atoms with Crippen LogP contribution in [0.2, 0.25) is 0 Å². The van der Waals surface area contributed by atoms with Gasteiger partial charge in [0.05, 0.1) is 18.8 Å². The summed E-state index contributed by atoms with van der Waals surface area (Å²) in [5.41, 5.74) is 0.0771. The smallest absolute Gasteiger partial charge is 0.317 e. The summed E-state index contributed by atoms with van der Waals surface area (Å²) in [4.78, 5) is 14.1. The van der Waals surface area contributed by atoms with Crippen molar-refractivity contribution in [1.29, 1.82) is 0 Å². The quantitative estimate of drug-likeness (QED) is 0.649. The summed E-state index contributed by atoms with van der Waals surface area (Å²) >= 11 is 0. The van der Waals surface area contributed by atoms with E-state index in [0.717, 1.165) is 24.2 Å². The van der Waals surface area contributed by atoms with E-state index in [1.807, 2.05) is 24.3 Å². The number of likely N-dealkylation sites (tertiary alicyclic amines) is 1. The van der Waals surface area contributed by atoms with Gasteiger partial charge in [-0.3, -0.25) is 0 Å². The minimum absolute atomic E-state index is 0.110. The second-order valence-corrected chi connectivity index (χ2v) is 7.88. The zero-order chi connectivity index (χ0) is 19.7. The summed E-state index contributed by atoms with van der Waals surface area (Å²) in [5.74, 6) is 1.49. The van der Waals surface area contributed by atoms with Crippen LogP contribution in [0, 0.1) is 5.92 Å². The molecule has 152 valence electrons. The molecule has 0 bridgehead atoms. The topological polar surface area (TPSA) is 82.0 Å². The van der Waals surface area contributed by atoms with E-state index in [0.29, 0.717) is 51.4 Å². The summed E-state index contributed by atoms with van der Waals surface area (Å²) in [5, 5.41) is 22.4. The molecule has 1 heterocycles. The maximum Gasteiger partial charge on any atom is 0.317 e. The van der Waals surface area contributed by atoms with E-state index in [9.17, 15) is 15.0 Å². The number of carbonyl (C=O) groups excluding carboxylic acids is 1. The molecule has 3 N–H and O–H groups in total. The number of nitrogens with one attached hydrogen (secondary N) is 1. The lowest BCUT2D eigenvalue weighted by atomic mass is 9.96. The fraction of sp³-hybridized carbons (Fsp3) is 0.667. The van der Waals surface area contributed by atoms with Gasteiger partial charge in [0.2, 0.25) is 0 Å². The molecule has 0 spiro atoms. The second kappa shape index (κ2) is 10.5. The van der Waals surface area contributed by atoms with Crippen molar-refractivity contribution in [3.63, 3.8) is 0 Å². The number of rotatable bonds is 8. The van der Waals surface area contributed by atoms with E-state index in [1.165, 1.54) is 0 Å². The van der Waals surface area contributed by atoms with Crippen LogP contribution in [0.4, 0.5) is 4.79 Å². The lowest BCUT2D eigenvalue weighted by Gasteiger charge is -2.24. The van der Waals surface area contributed by atoms with E-state index in [4.69, 9.17) is 4.74 Å². The van der Waals surface area contributed by atoms with Crippen molar-refractivity contribution < 1.29 is 19.7 Å². The lowest BCUT2D eigenvalue weighted by molar-refractivity contribution is -0.0248. The SMILES string of the molecule is CC(C)CCOc1cccc(CCNC(=O)N2CCC[C@@](O)(CO)CC2)c1. The van der Waals surface area contributed by atoms with Crippen LogP contribution in [0.5, 0.6) is 5.75 Å². The zero-order valence-corrected chi connectivity index (χ0v) is 16.6. The van der Waals surface area contributed by atoms with Gasteiger partial charge >= 0.3 is 6.03 Å². The van der Waals surface area contributed by atoms with Gasteiger partial charge in [-0.1, -0.05) is 26.0 Å². The Morgan fingerprint density at radius 1 is 1.33 bits per heavy atom. The van der Waals surface area contributed by atoms with Crippen molar-refractivity contribution >= 4 is 6.03 Å². The fourth-order valence-corrected chi connectivity index (χ4v) is 3.17. The van der Waals surface area contributed by atoms with Gasteiger partial charge in [0.15, 0.2) is 0 Å². The van der Waals surface area contributed by atoms with Gasteiger partial charge in [-0.25, -0.2) is 4.79 Å². The van der Waals surface area contributed by atoms with Gasteiger partial charge in [0.1, 0.15) is 5.75 Å². The van der Waals surface area contributed by atoms with Crippen LogP contribution in [-0.4, -0.2) is 59.6 Å². The first kappa shape index (κ1) is 21.5. The molecule has 1 fully saturated rings. The minimum Gasteiger partial charge on any atom is -0.494 e. The highest BCUT2D eigenvalue weighted by Crippen LogP contribution is 2.21. The van der Waals surface area contributed by atoms with Gasteiger partial charge < -0.3 is 25.2 Å². The number of nitrogens with zero attached hydrogens (tertiary/aromatic N) is 1. The van der Waals surface area contributed by atoms with Crippen molar-refractivity contribution in [2.24, 2.45) is 5.92 Å². The molecular weight excluding hydrogens is 344 g/mol. The highest BCUT2D eigenvalue weighted by molar-refractivity contribution is 5.74. The van der Waals surface area contributed by atoms with E-state index in [2.05, 4.69) is 19.2 Å². The third-order valence-electron chi connectivity index (χ3n) is 5.05. The van der Waals surface area contributed by atoms with Crippen LogP contribution in [0.3, 0.4) is 0 Å². The van der Waals surface area contributed by atoms with E-state index in [1.54, 1.807) is 4.90 Å². The number of aliphatic hydroxyl groups excluding tert-OH is 1. The zero-order valence-electron chi connectivity index (χ0n) is 16.6. The summed E-state index contributed by atoms with van der Waals surface area (Å²) in [7, 11) is 0. The van der Waals surface area contributed by atoms with E-state index in [-0.39, 0.29) is 12.6 Å². The Labute approximate surface area is 162 Å². The van der Waals surface area contributed by atoms with Crippen molar-refractivity contribution in [2.75, 3.05) is 32.8 Å². The van der Waals surface area contributed by atoms with Gasteiger partial charge in [-0.15, -0.1) is 0 Å². The van der Waals surface area contributed by atoms with Crippen molar-refractivity contribution in [3.8, 4) is 5.75 Å². The number of urea groups is 1. The van der Waals surface area contributed by atoms with Crippen LogP contribution in [0.15, 0.2) is 24.3 Å². The molecule has 0 aromatic heterocycles. The number of hydrogen-bond donors (Lipinski definition) is 3. The highest BCUT2D eigenvalue weighted by Gasteiger charge is 2.30. The number of carbonyl (C=O) groups is 1. The molecule has 1 aliphatic heterocycles. The molecule has 0 aliphatic carbocycles. The average Bonchev–Trinajstić information content (AvgIpc) is 2.84. The Bertz CT molecular complexity index is 593. The lowest BCUT2D eigenvalue weighted by Crippen LogP contribution is -2.42. The molecule has 0 saturated carbocycles. The average molecular weight is 379 g/mol. The standard InChI is InChI=1S/C21H34N2O4/c1-17(2)8-14-27-19-6-3-5-18(15-19)7-11-22-20(25)23-12-4-9-21(26,16-24)10-13-23/h3,5-6,15,17,24,26H,4,7-14,16H2,1-2H3,(H,22,25)/t21-/m0/s1. The van der Waals surface area contributed by atoms with Gasteiger partial charge in [-0.05, 0) is 55.7 Å². The Morgan fingerprint density at radius 3 is 2.89 bits per heavy atom. The van der Waals surface area contributed by atoms with Crippen LogP contribution in [-0.2, 0) is 6.42 Å². The summed E-state index contributed by atoms with van der Waals surface area (Å²) in [6.45, 7) is 6.43. The maximum absolute atomic E-state index is 12.4. The molecule has 1 aromatic carbocycles. The number of hydrogen-bond acceptors (Lipinski definition) is 4. The third-order valence-corrected chi connectivity index (χ3v) is 5.05. The fourth-order valence-electron chi connectivity index (χ4n) is 3.17. The predicted octanol–water partition coefficient (Wildman–Crippen LogP) is 2.57. The predicted molar refractivity (Wildman–Crippen MR) is 106 cm³/mol. The maximum atomic E-state index is 12.4. The Hall–Kier alpha value is -1.79. The Kier molecular flexibility index (Phi) is 8.38. The van der Waals surface area contributed by atoms with Crippen LogP contribution >= 0.6 is 0 Å². The Balaban J connectivity index is 1.74. The molecule has 1 aromatic rings. The minimum atomic E-state index is -1.05. The first-order valence-electron chi connectivity index (χ1n) is 9.99.